The number of hydrogen-bond donors (Lipinski definition) is 3. The van der Waals surface area contributed by atoms with Crippen LogP contribution >= 0.6 is 27.5 Å². The van der Waals surface area contributed by atoms with E-state index >= 15 is 0 Å². The van der Waals surface area contributed by atoms with Crippen molar-refractivity contribution < 1.29 is 14.4 Å². The number of nitrogens with one attached hydrogen (secondary N) is 2. The van der Waals surface area contributed by atoms with Crippen molar-refractivity contribution in [2.24, 2.45) is 5.73 Å². The predicted molar refractivity (Wildman–Crippen MR) is 103 cm³/mol. The first-order chi connectivity index (χ1) is 12.4. The molecular formula is C18H17BrClN3O3. The van der Waals surface area contributed by atoms with E-state index in [2.05, 4.69) is 26.6 Å². The van der Waals surface area contributed by atoms with Crippen molar-refractivity contribution in [1.29, 1.82) is 0 Å². The maximum atomic E-state index is 12.1. The molecule has 0 radical (unpaired) electrons. The van der Waals surface area contributed by atoms with E-state index in [1.807, 2.05) is 0 Å². The van der Waals surface area contributed by atoms with Crippen molar-refractivity contribution in [1.82, 2.24) is 10.6 Å². The Morgan fingerprint density at radius 1 is 1.12 bits per heavy atom. The fourth-order valence-electron chi connectivity index (χ4n) is 2.24. The van der Waals surface area contributed by atoms with Crippen LogP contribution in [0.25, 0.3) is 0 Å². The number of carbonyl (C=O) groups is 3. The van der Waals surface area contributed by atoms with Crippen LogP contribution in [0.2, 0.25) is 5.02 Å². The zero-order valence-electron chi connectivity index (χ0n) is 13.7. The third-order valence-corrected chi connectivity index (χ3v) is 4.56. The van der Waals surface area contributed by atoms with Gasteiger partial charge in [-0.05, 0) is 35.9 Å². The molecule has 26 heavy (non-hydrogen) atoms. The van der Waals surface area contributed by atoms with E-state index in [-0.39, 0.29) is 18.9 Å². The van der Waals surface area contributed by atoms with E-state index in [1.54, 1.807) is 48.5 Å². The van der Waals surface area contributed by atoms with Gasteiger partial charge in [0.2, 0.25) is 11.8 Å². The molecule has 0 heterocycles. The van der Waals surface area contributed by atoms with Crippen LogP contribution < -0.4 is 16.4 Å². The molecule has 0 bridgehead atoms. The van der Waals surface area contributed by atoms with E-state index in [1.165, 1.54) is 0 Å². The molecule has 3 amide bonds. The van der Waals surface area contributed by atoms with Crippen LogP contribution in [0.3, 0.4) is 0 Å². The van der Waals surface area contributed by atoms with Gasteiger partial charge in [-0.1, -0.05) is 45.7 Å². The molecule has 136 valence electrons. The predicted octanol–water partition coefficient (Wildman–Crippen LogP) is 2.05. The summed E-state index contributed by atoms with van der Waals surface area (Å²) >= 11 is 9.33. The molecule has 0 aromatic heterocycles. The number of hydrogen-bond acceptors (Lipinski definition) is 3. The Bertz CT molecular complexity index is 815. The second-order valence-corrected chi connectivity index (χ2v) is 6.80. The topological polar surface area (TPSA) is 101 Å². The summed E-state index contributed by atoms with van der Waals surface area (Å²) in [4.78, 5) is 35.7. The Labute approximate surface area is 164 Å². The number of amides is 3. The molecule has 8 heteroatoms. The first-order valence-corrected chi connectivity index (χ1v) is 8.89. The van der Waals surface area contributed by atoms with Gasteiger partial charge in [0.05, 0.1) is 6.54 Å². The quantitative estimate of drug-likeness (QED) is 0.616. The molecule has 0 saturated carbocycles. The SMILES string of the molecule is NC(=O)[C@@H](Cc1cc(Cl)ccc1Br)NC(=O)CNC(=O)c1ccccc1. The smallest absolute Gasteiger partial charge is 0.251 e. The van der Waals surface area contributed by atoms with E-state index in [0.717, 1.165) is 10.0 Å². The fourth-order valence-corrected chi connectivity index (χ4v) is 2.84. The first-order valence-electron chi connectivity index (χ1n) is 7.72. The lowest BCUT2D eigenvalue weighted by Crippen LogP contribution is -2.49. The monoisotopic (exact) mass is 437 g/mol. The van der Waals surface area contributed by atoms with Gasteiger partial charge in [-0.3, -0.25) is 14.4 Å². The lowest BCUT2D eigenvalue weighted by atomic mass is 10.1. The number of carbonyl (C=O) groups excluding carboxylic acids is 3. The first kappa shape index (κ1) is 19.9. The highest BCUT2D eigenvalue weighted by Crippen LogP contribution is 2.22. The second-order valence-electron chi connectivity index (χ2n) is 5.51. The number of halogens is 2. The second kappa shape index (κ2) is 9.35. The third-order valence-electron chi connectivity index (χ3n) is 3.56. The molecule has 0 aliphatic rings. The zero-order chi connectivity index (χ0) is 19.1. The third kappa shape index (κ3) is 5.86. The van der Waals surface area contributed by atoms with Gasteiger partial charge in [0.15, 0.2) is 0 Å². The maximum absolute atomic E-state index is 12.1. The Hall–Kier alpha value is -2.38. The molecule has 0 aliphatic carbocycles. The van der Waals surface area contributed by atoms with Gasteiger partial charge in [0.25, 0.3) is 5.91 Å². The highest BCUT2D eigenvalue weighted by Gasteiger charge is 2.20. The highest BCUT2D eigenvalue weighted by atomic mass is 79.9. The summed E-state index contributed by atoms with van der Waals surface area (Å²) in [6.45, 7) is -0.270. The summed E-state index contributed by atoms with van der Waals surface area (Å²) in [6.07, 6.45) is 0.175. The van der Waals surface area contributed by atoms with Gasteiger partial charge in [0.1, 0.15) is 6.04 Å². The largest absolute Gasteiger partial charge is 0.368 e. The zero-order valence-corrected chi connectivity index (χ0v) is 16.0. The van der Waals surface area contributed by atoms with Crippen molar-refractivity contribution in [3.05, 3.63) is 69.2 Å². The molecule has 0 unspecified atom stereocenters. The minimum absolute atomic E-state index is 0.175. The number of benzene rings is 2. The van der Waals surface area contributed by atoms with Crippen LogP contribution in [0, 0.1) is 0 Å². The Morgan fingerprint density at radius 3 is 2.46 bits per heavy atom. The summed E-state index contributed by atoms with van der Waals surface area (Å²) in [6, 6.07) is 12.7. The van der Waals surface area contributed by atoms with Gasteiger partial charge < -0.3 is 16.4 Å². The van der Waals surface area contributed by atoms with Crippen LogP contribution in [0.5, 0.6) is 0 Å². The molecule has 0 aliphatic heterocycles. The lowest BCUT2D eigenvalue weighted by Gasteiger charge is -2.17. The average Bonchev–Trinajstić information content (AvgIpc) is 2.62. The van der Waals surface area contributed by atoms with Gasteiger partial charge >= 0.3 is 0 Å². The van der Waals surface area contributed by atoms with Crippen molar-refractivity contribution in [2.45, 2.75) is 12.5 Å². The molecule has 4 N–H and O–H groups in total. The summed E-state index contributed by atoms with van der Waals surface area (Å²) in [5, 5.41) is 5.53. The molecule has 2 aromatic carbocycles. The van der Waals surface area contributed by atoms with E-state index in [0.29, 0.717) is 10.6 Å². The van der Waals surface area contributed by atoms with Gasteiger partial charge in [-0.25, -0.2) is 0 Å². The van der Waals surface area contributed by atoms with Crippen LogP contribution in [0.1, 0.15) is 15.9 Å². The van der Waals surface area contributed by atoms with Gasteiger partial charge in [-0.2, -0.15) is 0 Å². The summed E-state index contributed by atoms with van der Waals surface area (Å²) in [5.74, 6) is -1.58. The summed E-state index contributed by atoms with van der Waals surface area (Å²) < 4.78 is 0.750. The summed E-state index contributed by atoms with van der Waals surface area (Å²) in [5.41, 5.74) is 6.55. The Kier molecular flexibility index (Phi) is 7.17. The molecule has 1 atom stereocenters. The van der Waals surface area contributed by atoms with Crippen molar-refractivity contribution >= 4 is 45.3 Å². The molecule has 2 aromatic rings. The highest BCUT2D eigenvalue weighted by molar-refractivity contribution is 9.10. The minimum Gasteiger partial charge on any atom is -0.368 e. The molecular weight excluding hydrogens is 422 g/mol. The van der Waals surface area contributed by atoms with Crippen LogP contribution in [-0.2, 0) is 16.0 Å². The van der Waals surface area contributed by atoms with Crippen LogP contribution in [0.15, 0.2) is 53.0 Å². The fraction of sp³-hybridized carbons (Fsp3) is 0.167. The summed E-state index contributed by atoms with van der Waals surface area (Å²) in [7, 11) is 0. The standard InChI is InChI=1S/C18H17BrClN3O3/c19-14-7-6-13(20)8-12(14)9-15(17(21)25)23-16(24)10-22-18(26)11-4-2-1-3-5-11/h1-8,15H,9-10H2,(H2,21,25)(H,22,26)(H,23,24)/t15-/m1/s1. The van der Waals surface area contributed by atoms with Gasteiger partial charge in [0, 0.05) is 21.5 Å². The van der Waals surface area contributed by atoms with E-state index < -0.39 is 17.9 Å². The number of rotatable bonds is 7. The van der Waals surface area contributed by atoms with Crippen LogP contribution in [-0.4, -0.2) is 30.3 Å². The number of nitrogens with two attached hydrogens (primary N) is 1. The Morgan fingerprint density at radius 2 is 1.81 bits per heavy atom. The average molecular weight is 439 g/mol. The van der Waals surface area contributed by atoms with Crippen molar-refractivity contribution in [2.75, 3.05) is 6.54 Å². The van der Waals surface area contributed by atoms with Crippen molar-refractivity contribution in [3.8, 4) is 0 Å². The van der Waals surface area contributed by atoms with E-state index in [9.17, 15) is 14.4 Å². The molecule has 6 nitrogen and oxygen atoms in total. The Balaban J connectivity index is 1.94. The molecule has 0 saturated heterocycles. The normalized spacial score (nSPS) is 11.5. The number of primary amides is 1. The van der Waals surface area contributed by atoms with Crippen molar-refractivity contribution in [3.63, 3.8) is 0 Å². The molecule has 0 spiro atoms. The molecule has 2 rings (SSSR count). The maximum Gasteiger partial charge on any atom is 0.251 e. The molecule has 0 fully saturated rings. The van der Waals surface area contributed by atoms with E-state index in [4.69, 9.17) is 17.3 Å². The van der Waals surface area contributed by atoms with Gasteiger partial charge in [-0.15, -0.1) is 0 Å². The lowest BCUT2D eigenvalue weighted by molar-refractivity contribution is -0.126. The minimum atomic E-state index is -0.925. The van der Waals surface area contributed by atoms with Crippen LogP contribution in [0.4, 0.5) is 0 Å².